The van der Waals surface area contributed by atoms with Gasteiger partial charge >= 0.3 is 0 Å². The highest BCUT2D eigenvalue weighted by Gasteiger charge is 2.35. The van der Waals surface area contributed by atoms with Crippen molar-refractivity contribution >= 4 is 0 Å². The normalized spacial score (nSPS) is 28.1. The van der Waals surface area contributed by atoms with Gasteiger partial charge in [-0.1, -0.05) is 27.2 Å². The number of rotatable bonds is 7. The fraction of sp³-hybridized carbons (Fsp3) is 1.00. The van der Waals surface area contributed by atoms with E-state index in [0.29, 0.717) is 11.8 Å². The molecular weight excluding hydrogens is 172 g/mol. The van der Waals surface area contributed by atoms with Crippen LogP contribution in [0.4, 0.5) is 0 Å². The predicted molar refractivity (Wildman–Crippen MR) is 62.2 cm³/mol. The summed E-state index contributed by atoms with van der Waals surface area (Å²) in [6.07, 6.45) is 4.11. The van der Waals surface area contributed by atoms with Gasteiger partial charge in [0.15, 0.2) is 0 Å². The summed E-state index contributed by atoms with van der Waals surface area (Å²) in [5.74, 6) is 2.32. The Morgan fingerprint density at radius 3 is 2.64 bits per heavy atom. The molecule has 3 unspecified atom stereocenters. The molecule has 0 aromatic carbocycles. The third-order valence-corrected chi connectivity index (χ3v) is 3.47. The Bertz CT molecular complexity index is 156. The Morgan fingerprint density at radius 2 is 2.14 bits per heavy atom. The Balaban J connectivity index is 2.09. The first-order valence-corrected chi connectivity index (χ1v) is 6.12. The van der Waals surface area contributed by atoms with Crippen molar-refractivity contribution in [2.45, 2.75) is 46.1 Å². The summed E-state index contributed by atoms with van der Waals surface area (Å²) in [5.41, 5.74) is 5.73. The summed E-state index contributed by atoms with van der Waals surface area (Å²) < 4.78 is 0. The van der Waals surface area contributed by atoms with E-state index < -0.39 is 0 Å². The van der Waals surface area contributed by atoms with Crippen molar-refractivity contribution in [3.8, 4) is 0 Å². The molecule has 3 atom stereocenters. The van der Waals surface area contributed by atoms with Gasteiger partial charge in [-0.25, -0.2) is 0 Å². The lowest BCUT2D eigenvalue weighted by Crippen LogP contribution is -2.33. The Morgan fingerprint density at radius 1 is 1.43 bits per heavy atom. The van der Waals surface area contributed by atoms with Crippen LogP contribution in [0.2, 0.25) is 0 Å². The number of nitrogens with one attached hydrogen (secondary N) is 1. The molecule has 1 aliphatic rings. The maximum Gasteiger partial charge on any atom is 0.00992 e. The van der Waals surface area contributed by atoms with Gasteiger partial charge in [0.05, 0.1) is 0 Å². The van der Waals surface area contributed by atoms with E-state index in [4.69, 9.17) is 5.73 Å². The Kier molecular flexibility index (Phi) is 4.90. The predicted octanol–water partition coefficient (Wildman–Crippen LogP) is 2.00. The number of hydrogen-bond donors (Lipinski definition) is 2. The second kappa shape index (κ2) is 5.72. The summed E-state index contributed by atoms with van der Waals surface area (Å²) in [4.78, 5) is 0. The van der Waals surface area contributed by atoms with E-state index in [1.807, 2.05) is 0 Å². The zero-order chi connectivity index (χ0) is 10.6. The Labute approximate surface area is 88.6 Å². The summed E-state index contributed by atoms with van der Waals surface area (Å²) in [6.45, 7) is 8.71. The molecular formula is C12H26N2. The maximum atomic E-state index is 5.73. The minimum absolute atomic E-state index is 0.651. The minimum Gasteiger partial charge on any atom is -0.330 e. The second-order valence-electron chi connectivity index (χ2n) is 5.04. The van der Waals surface area contributed by atoms with Gasteiger partial charge in [-0.3, -0.25) is 0 Å². The minimum atomic E-state index is 0.651. The van der Waals surface area contributed by atoms with Crippen molar-refractivity contribution in [3.63, 3.8) is 0 Å². The van der Waals surface area contributed by atoms with Crippen LogP contribution in [0, 0.1) is 17.8 Å². The molecule has 0 amide bonds. The first-order chi connectivity index (χ1) is 6.69. The molecule has 0 aromatic heterocycles. The van der Waals surface area contributed by atoms with E-state index in [1.54, 1.807) is 0 Å². The fourth-order valence-electron chi connectivity index (χ4n) is 2.08. The molecule has 0 radical (unpaired) electrons. The molecule has 0 heterocycles. The lowest BCUT2D eigenvalue weighted by Gasteiger charge is -2.19. The van der Waals surface area contributed by atoms with Crippen LogP contribution in [0.15, 0.2) is 0 Å². The van der Waals surface area contributed by atoms with E-state index in [-0.39, 0.29) is 0 Å². The van der Waals surface area contributed by atoms with Gasteiger partial charge in [0.2, 0.25) is 0 Å². The van der Waals surface area contributed by atoms with Crippen LogP contribution in [-0.2, 0) is 0 Å². The van der Waals surface area contributed by atoms with Gasteiger partial charge in [-0.2, -0.15) is 0 Å². The first-order valence-electron chi connectivity index (χ1n) is 6.12. The Hall–Kier alpha value is -0.0800. The molecule has 2 nitrogen and oxygen atoms in total. The van der Waals surface area contributed by atoms with Gasteiger partial charge in [0.1, 0.15) is 0 Å². The third kappa shape index (κ3) is 3.58. The highest BCUT2D eigenvalue weighted by atomic mass is 15.0. The van der Waals surface area contributed by atoms with Crippen molar-refractivity contribution in [3.05, 3.63) is 0 Å². The summed E-state index contributed by atoms with van der Waals surface area (Å²) in [7, 11) is 0. The number of nitrogens with two attached hydrogens (primary N) is 1. The van der Waals surface area contributed by atoms with Crippen molar-refractivity contribution in [1.82, 2.24) is 5.32 Å². The van der Waals surface area contributed by atoms with Crippen LogP contribution in [0.5, 0.6) is 0 Å². The lowest BCUT2D eigenvalue weighted by atomic mass is 9.96. The zero-order valence-corrected chi connectivity index (χ0v) is 9.92. The van der Waals surface area contributed by atoms with E-state index in [0.717, 1.165) is 25.0 Å². The SMILES string of the molecule is CCCC1CC1NCC(CN)C(C)C. The summed E-state index contributed by atoms with van der Waals surface area (Å²) in [5, 5.41) is 3.64. The van der Waals surface area contributed by atoms with Gasteiger partial charge in [-0.15, -0.1) is 0 Å². The molecule has 0 bridgehead atoms. The van der Waals surface area contributed by atoms with Crippen molar-refractivity contribution in [1.29, 1.82) is 0 Å². The highest BCUT2D eigenvalue weighted by molar-refractivity contribution is 4.93. The standard InChI is InChI=1S/C12H26N2/c1-4-5-10-6-12(10)14-8-11(7-13)9(2)3/h9-12,14H,4-8,13H2,1-3H3. The fourth-order valence-corrected chi connectivity index (χ4v) is 2.08. The van der Waals surface area contributed by atoms with Crippen LogP contribution in [0.25, 0.3) is 0 Å². The highest BCUT2D eigenvalue weighted by Crippen LogP contribution is 2.34. The lowest BCUT2D eigenvalue weighted by molar-refractivity contribution is 0.366. The molecule has 1 saturated carbocycles. The largest absolute Gasteiger partial charge is 0.330 e. The molecule has 1 rings (SSSR count). The topological polar surface area (TPSA) is 38.0 Å². The van der Waals surface area contributed by atoms with Crippen LogP contribution in [0.3, 0.4) is 0 Å². The van der Waals surface area contributed by atoms with Gasteiger partial charge in [0, 0.05) is 6.04 Å². The molecule has 0 aromatic rings. The van der Waals surface area contributed by atoms with E-state index >= 15 is 0 Å². The zero-order valence-electron chi connectivity index (χ0n) is 9.92. The average Bonchev–Trinajstić information content (AvgIpc) is 2.85. The van der Waals surface area contributed by atoms with Crippen LogP contribution >= 0.6 is 0 Å². The second-order valence-corrected chi connectivity index (χ2v) is 5.04. The van der Waals surface area contributed by atoms with Crippen LogP contribution in [-0.4, -0.2) is 19.1 Å². The first kappa shape index (κ1) is 12.0. The van der Waals surface area contributed by atoms with Gasteiger partial charge in [-0.05, 0) is 43.7 Å². The quantitative estimate of drug-likeness (QED) is 0.656. The van der Waals surface area contributed by atoms with Gasteiger partial charge < -0.3 is 11.1 Å². The van der Waals surface area contributed by atoms with Gasteiger partial charge in [0.25, 0.3) is 0 Å². The summed E-state index contributed by atoms with van der Waals surface area (Å²) in [6, 6.07) is 0.808. The smallest absolute Gasteiger partial charge is 0.00992 e. The van der Waals surface area contributed by atoms with Crippen LogP contribution < -0.4 is 11.1 Å². The molecule has 0 aliphatic heterocycles. The van der Waals surface area contributed by atoms with E-state index in [2.05, 4.69) is 26.1 Å². The molecule has 14 heavy (non-hydrogen) atoms. The molecule has 2 heteroatoms. The molecule has 0 saturated heterocycles. The van der Waals surface area contributed by atoms with Crippen LogP contribution in [0.1, 0.15) is 40.0 Å². The van der Waals surface area contributed by atoms with E-state index in [9.17, 15) is 0 Å². The van der Waals surface area contributed by atoms with E-state index in [1.165, 1.54) is 19.3 Å². The van der Waals surface area contributed by atoms with Crippen molar-refractivity contribution < 1.29 is 0 Å². The maximum absolute atomic E-state index is 5.73. The molecule has 3 N–H and O–H groups in total. The van der Waals surface area contributed by atoms with Crippen molar-refractivity contribution in [2.24, 2.45) is 23.5 Å². The monoisotopic (exact) mass is 198 g/mol. The number of hydrogen-bond acceptors (Lipinski definition) is 2. The molecule has 0 spiro atoms. The molecule has 1 aliphatic carbocycles. The molecule has 84 valence electrons. The molecule has 1 fully saturated rings. The average molecular weight is 198 g/mol. The third-order valence-electron chi connectivity index (χ3n) is 3.47. The summed E-state index contributed by atoms with van der Waals surface area (Å²) >= 11 is 0. The van der Waals surface area contributed by atoms with Crippen molar-refractivity contribution in [2.75, 3.05) is 13.1 Å².